The highest BCUT2D eigenvalue weighted by Gasteiger charge is 2.48. The molecule has 0 radical (unpaired) electrons. The maximum atomic E-state index is 13.2. The Labute approximate surface area is 137 Å². The van der Waals surface area contributed by atoms with E-state index >= 15 is 0 Å². The first-order chi connectivity index (χ1) is 10.1. The molecule has 1 aromatic carbocycles. The van der Waals surface area contributed by atoms with Gasteiger partial charge in [-0.15, -0.1) is 12.4 Å². The molecule has 22 heavy (non-hydrogen) atoms. The largest absolute Gasteiger partial charge is 0.341 e. The van der Waals surface area contributed by atoms with Crippen molar-refractivity contribution >= 4 is 18.3 Å². The molecule has 1 heterocycles. The number of carbonyl (C=O) groups excluding carboxylic acids is 1. The first-order valence-corrected chi connectivity index (χ1v) is 7.89. The van der Waals surface area contributed by atoms with Gasteiger partial charge in [-0.3, -0.25) is 4.79 Å². The summed E-state index contributed by atoms with van der Waals surface area (Å²) in [5.74, 6) is 0.470. The first kappa shape index (κ1) is 17.2. The van der Waals surface area contributed by atoms with Crippen molar-refractivity contribution in [2.24, 2.45) is 11.7 Å². The minimum absolute atomic E-state index is 0. The Morgan fingerprint density at radius 2 is 2.18 bits per heavy atom. The van der Waals surface area contributed by atoms with Crippen LogP contribution in [-0.4, -0.2) is 29.4 Å². The van der Waals surface area contributed by atoms with Gasteiger partial charge in [-0.1, -0.05) is 12.1 Å². The number of hydrogen-bond donors (Lipinski definition) is 1. The van der Waals surface area contributed by atoms with E-state index in [0.29, 0.717) is 5.92 Å². The lowest BCUT2D eigenvalue weighted by Gasteiger charge is -2.34. The Morgan fingerprint density at radius 3 is 2.86 bits per heavy atom. The summed E-state index contributed by atoms with van der Waals surface area (Å²) >= 11 is 0. The van der Waals surface area contributed by atoms with Crippen LogP contribution in [0, 0.1) is 11.7 Å². The van der Waals surface area contributed by atoms with E-state index in [1.807, 2.05) is 11.0 Å². The van der Waals surface area contributed by atoms with Crippen molar-refractivity contribution in [3.63, 3.8) is 0 Å². The molecule has 0 bridgehead atoms. The van der Waals surface area contributed by atoms with Crippen LogP contribution in [0.4, 0.5) is 4.39 Å². The maximum absolute atomic E-state index is 13.2. The van der Waals surface area contributed by atoms with Gasteiger partial charge in [-0.05, 0) is 62.1 Å². The van der Waals surface area contributed by atoms with Crippen LogP contribution in [0.25, 0.3) is 0 Å². The SMILES string of the molecule is Cl.NC1(C(=O)N2CCCC(CCc3cccc(F)c3)C2)CC1. The number of piperidine rings is 1. The summed E-state index contributed by atoms with van der Waals surface area (Å²) in [6.07, 6.45) is 5.74. The van der Waals surface area contributed by atoms with E-state index in [-0.39, 0.29) is 24.1 Å². The van der Waals surface area contributed by atoms with Crippen LogP contribution in [0.1, 0.15) is 37.7 Å². The molecule has 2 N–H and O–H groups in total. The van der Waals surface area contributed by atoms with E-state index in [9.17, 15) is 9.18 Å². The Kier molecular flexibility index (Phi) is 5.45. The molecule has 1 saturated heterocycles. The van der Waals surface area contributed by atoms with E-state index < -0.39 is 5.54 Å². The molecule has 1 aliphatic carbocycles. The third-order valence-electron chi connectivity index (χ3n) is 4.75. The van der Waals surface area contributed by atoms with Gasteiger partial charge in [0.25, 0.3) is 0 Å². The molecule has 3 rings (SSSR count). The summed E-state index contributed by atoms with van der Waals surface area (Å²) in [6.45, 7) is 1.65. The number of nitrogens with two attached hydrogens (primary N) is 1. The topological polar surface area (TPSA) is 46.3 Å². The normalized spacial score (nSPS) is 22.8. The molecular formula is C17H24ClFN2O. The number of rotatable bonds is 4. The standard InChI is InChI=1S/C17H23FN2O.ClH/c18-15-5-1-3-13(11-15)6-7-14-4-2-10-20(12-14)16(21)17(19)8-9-17;/h1,3,5,11,14H,2,4,6-10,12,19H2;1H. The summed E-state index contributed by atoms with van der Waals surface area (Å²) in [7, 11) is 0. The lowest BCUT2D eigenvalue weighted by atomic mass is 9.91. The summed E-state index contributed by atoms with van der Waals surface area (Å²) in [4.78, 5) is 14.2. The van der Waals surface area contributed by atoms with Gasteiger partial charge in [0.1, 0.15) is 5.82 Å². The highest BCUT2D eigenvalue weighted by atomic mass is 35.5. The van der Waals surface area contributed by atoms with Crippen molar-refractivity contribution in [1.29, 1.82) is 0 Å². The van der Waals surface area contributed by atoms with Gasteiger partial charge >= 0.3 is 0 Å². The fourth-order valence-corrected chi connectivity index (χ4v) is 3.21. The predicted molar refractivity (Wildman–Crippen MR) is 87.4 cm³/mol. The van der Waals surface area contributed by atoms with Gasteiger partial charge in [0, 0.05) is 13.1 Å². The Hall–Kier alpha value is -1.13. The highest BCUT2D eigenvalue weighted by molar-refractivity contribution is 5.89. The molecule has 0 spiro atoms. The zero-order valence-corrected chi connectivity index (χ0v) is 13.6. The fraction of sp³-hybridized carbons (Fsp3) is 0.588. The molecule has 5 heteroatoms. The van der Waals surface area contributed by atoms with Gasteiger partial charge in [0.05, 0.1) is 5.54 Å². The second-order valence-corrected chi connectivity index (χ2v) is 6.58. The highest BCUT2D eigenvalue weighted by Crippen LogP contribution is 2.35. The third kappa shape index (κ3) is 3.99. The van der Waals surface area contributed by atoms with Gasteiger partial charge in [-0.2, -0.15) is 0 Å². The van der Waals surface area contributed by atoms with Crippen molar-refractivity contribution in [3.05, 3.63) is 35.6 Å². The Morgan fingerprint density at radius 1 is 1.41 bits per heavy atom. The van der Waals surface area contributed by atoms with Crippen LogP contribution < -0.4 is 5.73 Å². The number of likely N-dealkylation sites (tertiary alicyclic amines) is 1. The summed E-state index contributed by atoms with van der Waals surface area (Å²) in [5, 5.41) is 0. The lowest BCUT2D eigenvalue weighted by Crippen LogP contribution is -2.49. The van der Waals surface area contributed by atoms with Crippen LogP contribution >= 0.6 is 12.4 Å². The van der Waals surface area contributed by atoms with Crippen molar-refractivity contribution in [1.82, 2.24) is 4.90 Å². The fourth-order valence-electron chi connectivity index (χ4n) is 3.21. The molecule has 1 atom stereocenters. The van der Waals surface area contributed by atoms with Crippen LogP contribution in [0.3, 0.4) is 0 Å². The van der Waals surface area contributed by atoms with Gasteiger partial charge < -0.3 is 10.6 Å². The van der Waals surface area contributed by atoms with E-state index in [0.717, 1.165) is 57.2 Å². The van der Waals surface area contributed by atoms with E-state index in [2.05, 4.69) is 0 Å². The second kappa shape index (κ2) is 6.97. The van der Waals surface area contributed by atoms with Crippen molar-refractivity contribution in [2.45, 2.75) is 44.1 Å². The molecular weight excluding hydrogens is 303 g/mol. The van der Waals surface area contributed by atoms with E-state index in [4.69, 9.17) is 5.73 Å². The third-order valence-corrected chi connectivity index (χ3v) is 4.75. The monoisotopic (exact) mass is 326 g/mol. The van der Waals surface area contributed by atoms with Crippen molar-refractivity contribution in [3.8, 4) is 0 Å². The number of halogens is 2. The number of nitrogens with zero attached hydrogens (tertiary/aromatic N) is 1. The Bertz CT molecular complexity index is 533. The molecule has 0 aromatic heterocycles. The molecule has 122 valence electrons. The van der Waals surface area contributed by atoms with E-state index in [1.54, 1.807) is 12.1 Å². The summed E-state index contributed by atoms with van der Waals surface area (Å²) in [6, 6.07) is 6.80. The molecule has 2 fully saturated rings. The molecule has 1 amide bonds. The summed E-state index contributed by atoms with van der Waals surface area (Å²) in [5.41, 5.74) is 6.50. The maximum Gasteiger partial charge on any atom is 0.242 e. The van der Waals surface area contributed by atoms with Gasteiger partial charge in [-0.25, -0.2) is 4.39 Å². The minimum Gasteiger partial charge on any atom is -0.341 e. The van der Waals surface area contributed by atoms with Crippen molar-refractivity contribution < 1.29 is 9.18 Å². The molecule has 1 aromatic rings. The lowest BCUT2D eigenvalue weighted by molar-refractivity contribution is -0.135. The number of amides is 1. The number of aryl methyl sites for hydroxylation is 1. The number of hydrogen-bond acceptors (Lipinski definition) is 2. The molecule has 2 aliphatic rings. The molecule has 1 unspecified atom stereocenters. The number of carbonyl (C=O) groups is 1. The zero-order chi connectivity index (χ0) is 14.9. The predicted octanol–water partition coefficient (Wildman–Crippen LogP) is 2.91. The summed E-state index contributed by atoms with van der Waals surface area (Å²) < 4.78 is 13.2. The van der Waals surface area contributed by atoms with Crippen LogP contribution in [-0.2, 0) is 11.2 Å². The minimum atomic E-state index is -0.551. The van der Waals surface area contributed by atoms with Crippen LogP contribution in [0.5, 0.6) is 0 Å². The molecule has 1 aliphatic heterocycles. The number of benzene rings is 1. The van der Waals surface area contributed by atoms with Crippen LogP contribution in [0.15, 0.2) is 24.3 Å². The second-order valence-electron chi connectivity index (χ2n) is 6.58. The zero-order valence-electron chi connectivity index (χ0n) is 12.8. The smallest absolute Gasteiger partial charge is 0.242 e. The first-order valence-electron chi connectivity index (χ1n) is 7.89. The molecule has 1 saturated carbocycles. The molecule has 3 nitrogen and oxygen atoms in total. The van der Waals surface area contributed by atoms with Gasteiger partial charge in [0.15, 0.2) is 0 Å². The van der Waals surface area contributed by atoms with Crippen molar-refractivity contribution in [2.75, 3.05) is 13.1 Å². The van der Waals surface area contributed by atoms with Gasteiger partial charge in [0.2, 0.25) is 5.91 Å². The Balaban J connectivity index is 0.00000176. The van der Waals surface area contributed by atoms with Crippen LogP contribution in [0.2, 0.25) is 0 Å². The average Bonchev–Trinajstić information content (AvgIpc) is 3.24. The average molecular weight is 327 g/mol. The quantitative estimate of drug-likeness (QED) is 0.924. The van der Waals surface area contributed by atoms with E-state index in [1.165, 1.54) is 6.07 Å².